The van der Waals surface area contributed by atoms with E-state index in [-0.39, 0.29) is 10.6 Å². The first-order valence-corrected chi connectivity index (χ1v) is 9.57. The van der Waals surface area contributed by atoms with Gasteiger partial charge in [-0.1, -0.05) is 30.3 Å². The molecule has 0 saturated carbocycles. The molecule has 8 heteroatoms. The number of ether oxygens (including phenoxy) is 1. The van der Waals surface area contributed by atoms with Gasteiger partial charge in [-0.3, -0.25) is 4.72 Å². The molecular formula is C19H16N4O3S. The van der Waals surface area contributed by atoms with Crippen molar-refractivity contribution in [2.45, 2.75) is 11.3 Å². The third-order valence-electron chi connectivity index (χ3n) is 3.63. The van der Waals surface area contributed by atoms with E-state index in [2.05, 4.69) is 14.7 Å². The molecule has 0 unspecified atom stereocenters. The minimum atomic E-state index is -3.81. The van der Waals surface area contributed by atoms with Gasteiger partial charge in [-0.15, -0.1) is 0 Å². The van der Waals surface area contributed by atoms with Gasteiger partial charge in [-0.05, 0) is 23.8 Å². The molecule has 0 aliphatic carbocycles. The van der Waals surface area contributed by atoms with Gasteiger partial charge in [0.15, 0.2) is 0 Å². The molecule has 1 aromatic carbocycles. The van der Waals surface area contributed by atoms with E-state index in [1.54, 1.807) is 12.1 Å². The molecule has 0 atom stereocenters. The van der Waals surface area contributed by atoms with Crippen molar-refractivity contribution in [3.8, 4) is 11.9 Å². The fourth-order valence-electron chi connectivity index (χ4n) is 2.26. The van der Waals surface area contributed by atoms with Crippen molar-refractivity contribution in [3.63, 3.8) is 0 Å². The fourth-order valence-corrected chi connectivity index (χ4v) is 3.25. The number of pyridine rings is 2. The molecule has 0 radical (unpaired) electrons. The Labute approximate surface area is 157 Å². The molecule has 136 valence electrons. The lowest BCUT2D eigenvalue weighted by Crippen LogP contribution is -2.13. The number of aromatic nitrogens is 2. The average Bonchev–Trinajstić information content (AvgIpc) is 2.70. The lowest BCUT2D eigenvalue weighted by atomic mass is 10.2. The molecular weight excluding hydrogens is 364 g/mol. The molecule has 0 amide bonds. The number of hydrogen-bond acceptors (Lipinski definition) is 6. The standard InChI is InChI=1S/C19H16N4O3S/c20-12-16-6-8-18(14-21-16)27(24,25)23-17-7-9-19(22-13-17)26-11-10-15-4-2-1-3-5-15/h1-9,13-14,23H,10-11H2. The van der Waals surface area contributed by atoms with E-state index in [9.17, 15) is 8.42 Å². The van der Waals surface area contributed by atoms with E-state index >= 15 is 0 Å². The molecule has 27 heavy (non-hydrogen) atoms. The number of sulfonamides is 1. The van der Waals surface area contributed by atoms with Crippen LogP contribution in [0, 0.1) is 11.3 Å². The highest BCUT2D eigenvalue weighted by Gasteiger charge is 2.15. The number of anilines is 1. The Bertz CT molecular complexity index is 1030. The molecule has 0 bridgehead atoms. The van der Waals surface area contributed by atoms with Crippen LogP contribution in [0.4, 0.5) is 5.69 Å². The molecule has 3 rings (SSSR count). The second-order valence-electron chi connectivity index (χ2n) is 5.57. The Kier molecular flexibility index (Phi) is 5.64. The summed E-state index contributed by atoms with van der Waals surface area (Å²) >= 11 is 0. The van der Waals surface area contributed by atoms with Crippen LogP contribution in [0.2, 0.25) is 0 Å². The molecule has 3 aromatic rings. The molecule has 0 aliphatic heterocycles. The maximum Gasteiger partial charge on any atom is 0.263 e. The van der Waals surface area contributed by atoms with Gasteiger partial charge in [0.2, 0.25) is 5.88 Å². The van der Waals surface area contributed by atoms with Gasteiger partial charge < -0.3 is 4.74 Å². The van der Waals surface area contributed by atoms with Gasteiger partial charge in [-0.2, -0.15) is 5.26 Å². The molecule has 0 saturated heterocycles. The molecule has 2 heterocycles. The summed E-state index contributed by atoms with van der Waals surface area (Å²) in [5.41, 5.74) is 1.61. The maximum absolute atomic E-state index is 12.3. The maximum atomic E-state index is 12.3. The normalized spacial score (nSPS) is 10.8. The third-order valence-corrected chi connectivity index (χ3v) is 5.00. The van der Waals surface area contributed by atoms with Crippen LogP contribution >= 0.6 is 0 Å². The summed E-state index contributed by atoms with van der Waals surface area (Å²) in [5.74, 6) is 0.411. The van der Waals surface area contributed by atoms with Gasteiger partial charge in [0.1, 0.15) is 16.7 Å². The summed E-state index contributed by atoms with van der Waals surface area (Å²) in [6.07, 6.45) is 3.27. The fraction of sp³-hybridized carbons (Fsp3) is 0.105. The summed E-state index contributed by atoms with van der Waals surface area (Å²) in [5, 5.41) is 8.72. The van der Waals surface area contributed by atoms with Crippen LogP contribution in [0.25, 0.3) is 0 Å². The molecule has 0 fully saturated rings. The lowest BCUT2D eigenvalue weighted by Gasteiger charge is -2.09. The van der Waals surface area contributed by atoms with Crippen molar-refractivity contribution < 1.29 is 13.2 Å². The van der Waals surface area contributed by atoms with Crippen molar-refractivity contribution in [1.29, 1.82) is 5.26 Å². The molecule has 0 spiro atoms. The Morgan fingerprint density at radius 1 is 1.00 bits per heavy atom. The first kappa shape index (κ1) is 18.4. The Balaban J connectivity index is 1.58. The van der Waals surface area contributed by atoms with Crippen molar-refractivity contribution in [1.82, 2.24) is 9.97 Å². The van der Waals surface area contributed by atoms with E-state index in [0.717, 1.165) is 18.2 Å². The Hall–Kier alpha value is -3.44. The van der Waals surface area contributed by atoms with Crippen LogP contribution in [0.1, 0.15) is 11.3 Å². The largest absolute Gasteiger partial charge is 0.477 e. The summed E-state index contributed by atoms with van der Waals surface area (Å²) in [4.78, 5) is 7.83. The number of nitrogens with zero attached hydrogens (tertiary/aromatic N) is 3. The first-order chi connectivity index (χ1) is 13.1. The third kappa shape index (κ3) is 5.03. The van der Waals surface area contributed by atoms with Crippen molar-refractivity contribution in [2.75, 3.05) is 11.3 Å². The SMILES string of the molecule is N#Cc1ccc(S(=O)(=O)Nc2ccc(OCCc3ccccc3)nc2)cn1. The number of hydrogen-bond donors (Lipinski definition) is 1. The lowest BCUT2D eigenvalue weighted by molar-refractivity contribution is 0.309. The monoisotopic (exact) mass is 380 g/mol. The summed E-state index contributed by atoms with van der Waals surface area (Å²) < 4.78 is 32.6. The zero-order valence-corrected chi connectivity index (χ0v) is 15.1. The van der Waals surface area contributed by atoms with Gasteiger partial charge in [0.25, 0.3) is 10.0 Å². The average molecular weight is 380 g/mol. The highest BCUT2D eigenvalue weighted by molar-refractivity contribution is 7.92. The van der Waals surface area contributed by atoms with Crippen LogP contribution in [-0.2, 0) is 16.4 Å². The van der Waals surface area contributed by atoms with Gasteiger partial charge in [0.05, 0.1) is 18.5 Å². The second kappa shape index (κ2) is 8.29. The van der Waals surface area contributed by atoms with Crippen molar-refractivity contribution in [3.05, 3.63) is 78.2 Å². The van der Waals surface area contributed by atoms with E-state index in [4.69, 9.17) is 10.00 Å². The van der Waals surface area contributed by atoms with E-state index in [1.807, 2.05) is 36.4 Å². The van der Waals surface area contributed by atoms with E-state index in [0.29, 0.717) is 18.2 Å². The minimum Gasteiger partial charge on any atom is -0.477 e. The zero-order valence-electron chi connectivity index (χ0n) is 14.2. The smallest absolute Gasteiger partial charge is 0.263 e. The van der Waals surface area contributed by atoms with Crippen LogP contribution in [0.3, 0.4) is 0 Å². The second-order valence-corrected chi connectivity index (χ2v) is 7.25. The molecule has 7 nitrogen and oxygen atoms in total. The van der Waals surface area contributed by atoms with E-state index in [1.165, 1.54) is 18.3 Å². The predicted molar refractivity (Wildman–Crippen MR) is 99.6 cm³/mol. The summed E-state index contributed by atoms with van der Waals surface area (Å²) in [6.45, 7) is 0.471. The van der Waals surface area contributed by atoms with Crippen molar-refractivity contribution >= 4 is 15.7 Å². The Morgan fingerprint density at radius 2 is 1.81 bits per heavy atom. The van der Waals surface area contributed by atoms with E-state index < -0.39 is 10.0 Å². The minimum absolute atomic E-state index is 0.0373. The van der Waals surface area contributed by atoms with Crippen molar-refractivity contribution in [2.24, 2.45) is 0 Å². The first-order valence-electron chi connectivity index (χ1n) is 8.08. The Morgan fingerprint density at radius 3 is 2.44 bits per heavy atom. The number of nitrogens with one attached hydrogen (secondary N) is 1. The summed E-state index contributed by atoms with van der Waals surface area (Å²) in [7, 11) is -3.81. The number of nitriles is 1. The molecule has 0 aliphatic rings. The zero-order chi connectivity index (χ0) is 19.1. The number of rotatable bonds is 7. The highest BCUT2D eigenvalue weighted by Crippen LogP contribution is 2.17. The topological polar surface area (TPSA) is 105 Å². The van der Waals surface area contributed by atoms with Gasteiger partial charge in [0, 0.05) is 18.7 Å². The van der Waals surface area contributed by atoms with Crippen LogP contribution in [0.5, 0.6) is 5.88 Å². The predicted octanol–water partition coefficient (Wildman–Crippen LogP) is 2.77. The number of benzene rings is 1. The van der Waals surface area contributed by atoms with Gasteiger partial charge >= 0.3 is 0 Å². The summed E-state index contributed by atoms with van der Waals surface area (Å²) in [6, 6.07) is 17.6. The molecule has 2 aromatic heterocycles. The van der Waals surface area contributed by atoms with Crippen LogP contribution in [0.15, 0.2) is 71.9 Å². The van der Waals surface area contributed by atoms with Crippen LogP contribution < -0.4 is 9.46 Å². The van der Waals surface area contributed by atoms with Gasteiger partial charge in [-0.25, -0.2) is 18.4 Å². The quantitative estimate of drug-likeness (QED) is 0.676. The molecule has 1 N–H and O–H groups in total. The van der Waals surface area contributed by atoms with Crippen LogP contribution in [-0.4, -0.2) is 25.0 Å². The highest BCUT2D eigenvalue weighted by atomic mass is 32.2.